The van der Waals surface area contributed by atoms with Crippen LogP contribution in [0.1, 0.15) is 30.9 Å². The number of non-ortho nitro benzene ring substituents is 1. The molecule has 0 heterocycles. The molecule has 1 amide bonds. The van der Waals surface area contributed by atoms with E-state index in [2.05, 4.69) is 6.92 Å². The Bertz CT molecular complexity index is 739. The van der Waals surface area contributed by atoms with E-state index in [0.29, 0.717) is 12.5 Å². The maximum atomic E-state index is 12.9. The fraction of sp³-hybridized carbons (Fsp3) is 0.350. The van der Waals surface area contributed by atoms with E-state index in [1.807, 2.05) is 35.2 Å². The second-order valence-electron chi connectivity index (χ2n) is 6.69. The van der Waals surface area contributed by atoms with E-state index in [4.69, 9.17) is 0 Å². The second-order valence-corrected chi connectivity index (χ2v) is 6.69. The third-order valence-electron chi connectivity index (χ3n) is 4.81. The van der Waals surface area contributed by atoms with E-state index in [1.54, 1.807) is 12.1 Å². The molecule has 3 rings (SSSR count). The molecule has 0 bridgehead atoms. The van der Waals surface area contributed by atoms with Crippen molar-refractivity contribution in [2.75, 3.05) is 0 Å². The highest BCUT2D eigenvalue weighted by Gasteiger charge is 2.34. The molecule has 0 aromatic heterocycles. The van der Waals surface area contributed by atoms with Crippen LogP contribution in [0.4, 0.5) is 5.69 Å². The number of benzene rings is 2. The quantitative estimate of drug-likeness (QED) is 0.567. The number of hydrogen-bond donors (Lipinski definition) is 0. The summed E-state index contributed by atoms with van der Waals surface area (Å²) in [5.74, 6) is 0.654. The number of nitro benzene ring substituents is 1. The fourth-order valence-corrected chi connectivity index (χ4v) is 3.08. The third-order valence-corrected chi connectivity index (χ3v) is 4.81. The number of nitro groups is 1. The molecule has 0 spiro atoms. The minimum absolute atomic E-state index is 0.0451. The molecule has 1 fully saturated rings. The molecule has 1 aliphatic carbocycles. The van der Waals surface area contributed by atoms with Gasteiger partial charge in [-0.2, -0.15) is 0 Å². The zero-order chi connectivity index (χ0) is 17.8. The number of nitrogens with zero attached hydrogens (tertiary/aromatic N) is 2. The Morgan fingerprint density at radius 2 is 1.76 bits per heavy atom. The van der Waals surface area contributed by atoms with Gasteiger partial charge in [0.05, 0.1) is 11.3 Å². The SMILES string of the molecule is CC(C1CC1)N(Cc1ccccc1)C(=O)Cc1ccc([N+](=O)[O-])cc1. The average molecular weight is 338 g/mol. The molecule has 0 radical (unpaired) electrons. The highest BCUT2D eigenvalue weighted by Crippen LogP contribution is 2.36. The van der Waals surface area contributed by atoms with Gasteiger partial charge >= 0.3 is 0 Å². The van der Waals surface area contributed by atoms with Crippen LogP contribution in [-0.4, -0.2) is 21.8 Å². The molecule has 5 heteroatoms. The van der Waals surface area contributed by atoms with Crippen molar-refractivity contribution < 1.29 is 9.72 Å². The van der Waals surface area contributed by atoms with Crippen LogP contribution < -0.4 is 0 Å². The predicted octanol–water partition coefficient (Wildman–Crippen LogP) is 3.96. The summed E-state index contributed by atoms with van der Waals surface area (Å²) in [6.45, 7) is 2.72. The van der Waals surface area contributed by atoms with Gasteiger partial charge in [-0.05, 0) is 36.8 Å². The molecule has 25 heavy (non-hydrogen) atoms. The lowest BCUT2D eigenvalue weighted by atomic mass is 10.1. The maximum Gasteiger partial charge on any atom is 0.269 e. The van der Waals surface area contributed by atoms with E-state index in [-0.39, 0.29) is 24.1 Å². The predicted molar refractivity (Wildman–Crippen MR) is 96.0 cm³/mol. The molecule has 1 unspecified atom stereocenters. The summed E-state index contributed by atoms with van der Waals surface area (Å²) in [7, 11) is 0. The van der Waals surface area contributed by atoms with Crippen molar-refractivity contribution in [2.24, 2.45) is 5.92 Å². The first-order valence-electron chi connectivity index (χ1n) is 8.61. The zero-order valence-corrected chi connectivity index (χ0v) is 14.3. The summed E-state index contributed by atoms with van der Waals surface area (Å²) in [5.41, 5.74) is 1.97. The van der Waals surface area contributed by atoms with E-state index >= 15 is 0 Å². The number of carbonyl (C=O) groups is 1. The number of hydrogen-bond acceptors (Lipinski definition) is 3. The first-order valence-corrected chi connectivity index (χ1v) is 8.61. The first kappa shape index (κ1) is 17.1. The molecular formula is C20H22N2O3. The summed E-state index contributed by atoms with van der Waals surface area (Å²) in [4.78, 5) is 25.2. The van der Waals surface area contributed by atoms with Crippen LogP contribution in [0.15, 0.2) is 54.6 Å². The van der Waals surface area contributed by atoms with Crippen molar-refractivity contribution in [3.8, 4) is 0 Å². The molecule has 1 saturated carbocycles. The Labute approximate surface area is 147 Å². The number of amides is 1. The lowest BCUT2D eigenvalue weighted by molar-refractivity contribution is -0.384. The van der Waals surface area contributed by atoms with Gasteiger partial charge in [0.15, 0.2) is 0 Å². The standard InChI is InChI=1S/C20H22N2O3/c1-15(18-9-10-18)21(14-17-5-3-2-4-6-17)20(23)13-16-7-11-19(12-8-16)22(24)25/h2-8,11-12,15,18H,9-10,13-14H2,1H3. The van der Waals surface area contributed by atoms with Crippen molar-refractivity contribution >= 4 is 11.6 Å². The van der Waals surface area contributed by atoms with E-state index < -0.39 is 4.92 Å². The van der Waals surface area contributed by atoms with Gasteiger partial charge in [0.2, 0.25) is 5.91 Å². The first-order chi connectivity index (χ1) is 12.0. The molecule has 2 aromatic carbocycles. The Morgan fingerprint density at radius 3 is 2.32 bits per heavy atom. The van der Waals surface area contributed by atoms with Crippen molar-refractivity contribution in [1.29, 1.82) is 0 Å². The van der Waals surface area contributed by atoms with Crippen LogP contribution in [0.25, 0.3) is 0 Å². The van der Waals surface area contributed by atoms with E-state index in [0.717, 1.165) is 11.1 Å². The summed E-state index contributed by atoms with van der Waals surface area (Å²) in [6.07, 6.45) is 2.62. The summed E-state index contributed by atoms with van der Waals surface area (Å²) < 4.78 is 0. The molecule has 1 aliphatic rings. The van der Waals surface area contributed by atoms with Crippen LogP contribution in [0.3, 0.4) is 0 Å². The molecule has 130 valence electrons. The van der Waals surface area contributed by atoms with Crippen molar-refractivity contribution in [2.45, 2.75) is 38.8 Å². The smallest absolute Gasteiger partial charge is 0.269 e. The molecule has 0 saturated heterocycles. The second kappa shape index (κ2) is 7.47. The van der Waals surface area contributed by atoms with Crippen molar-refractivity contribution in [3.63, 3.8) is 0 Å². The molecule has 1 atom stereocenters. The molecule has 0 aliphatic heterocycles. The van der Waals surface area contributed by atoms with E-state index in [1.165, 1.54) is 25.0 Å². The number of carbonyl (C=O) groups excluding carboxylic acids is 1. The minimum Gasteiger partial charge on any atom is -0.335 e. The Kier molecular flexibility index (Phi) is 5.12. The molecule has 5 nitrogen and oxygen atoms in total. The van der Waals surface area contributed by atoms with Crippen molar-refractivity contribution in [3.05, 3.63) is 75.8 Å². The fourth-order valence-electron chi connectivity index (χ4n) is 3.08. The number of rotatable bonds is 7. The lowest BCUT2D eigenvalue weighted by Gasteiger charge is -2.30. The largest absolute Gasteiger partial charge is 0.335 e. The molecule has 0 N–H and O–H groups in total. The summed E-state index contributed by atoms with van der Waals surface area (Å²) in [6, 6.07) is 16.5. The van der Waals surface area contributed by atoms with Gasteiger partial charge in [-0.15, -0.1) is 0 Å². The van der Waals surface area contributed by atoms with Crippen LogP contribution >= 0.6 is 0 Å². The summed E-state index contributed by atoms with van der Waals surface area (Å²) in [5, 5.41) is 10.7. The lowest BCUT2D eigenvalue weighted by Crippen LogP contribution is -2.40. The maximum absolute atomic E-state index is 12.9. The van der Waals surface area contributed by atoms with Gasteiger partial charge < -0.3 is 4.90 Å². The topological polar surface area (TPSA) is 63.5 Å². The van der Waals surface area contributed by atoms with Crippen LogP contribution in [0.2, 0.25) is 0 Å². The molecular weight excluding hydrogens is 316 g/mol. The van der Waals surface area contributed by atoms with Gasteiger partial charge in [0, 0.05) is 24.7 Å². The van der Waals surface area contributed by atoms with Crippen LogP contribution in [0, 0.1) is 16.0 Å². The molecule has 2 aromatic rings. The highest BCUT2D eigenvalue weighted by atomic mass is 16.6. The van der Waals surface area contributed by atoms with E-state index in [9.17, 15) is 14.9 Å². The van der Waals surface area contributed by atoms with Gasteiger partial charge in [0.25, 0.3) is 5.69 Å². The minimum atomic E-state index is -0.428. The zero-order valence-electron chi connectivity index (χ0n) is 14.3. The normalized spacial score (nSPS) is 14.8. The summed E-state index contributed by atoms with van der Waals surface area (Å²) >= 11 is 0. The van der Waals surface area contributed by atoms with Gasteiger partial charge in [-0.25, -0.2) is 0 Å². The van der Waals surface area contributed by atoms with Gasteiger partial charge in [-0.1, -0.05) is 42.5 Å². The third kappa shape index (κ3) is 4.44. The van der Waals surface area contributed by atoms with Gasteiger partial charge in [0.1, 0.15) is 0 Å². The average Bonchev–Trinajstić information content (AvgIpc) is 3.45. The van der Waals surface area contributed by atoms with Crippen molar-refractivity contribution in [1.82, 2.24) is 4.90 Å². The van der Waals surface area contributed by atoms with Crippen LogP contribution in [-0.2, 0) is 17.8 Å². The van der Waals surface area contributed by atoms with Crippen LogP contribution in [0.5, 0.6) is 0 Å². The monoisotopic (exact) mass is 338 g/mol. The van der Waals surface area contributed by atoms with Gasteiger partial charge in [-0.3, -0.25) is 14.9 Å². The Morgan fingerprint density at radius 1 is 1.12 bits per heavy atom. The highest BCUT2D eigenvalue weighted by molar-refractivity contribution is 5.79. The Balaban J connectivity index is 1.73. The Hall–Kier alpha value is -2.69.